The molecule has 20 heavy (non-hydrogen) atoms. The summed E-state index contributed by atoms with van der Waals surface area (Å²) in [5, 5.41) is 13.3. The van der Waals surface area contributed by atoms with E-state index in [0.29, 0.717) is 13.0 Å². The molecule has 0 amide bonds. The molecular weight excluding hydrogens is 278 g/mol. The minimum absolute atomic E-state index is 0.169. The SMILES string of the molecule is CN1CCOC(CNc2nc3c(s2)CCC3C(=O)O)C1. The van der Waals surface area contributed by atoms with Gasteiger partial charge in [-0.05, 0) is 19.9 Å². The zero-order chi connectivity index (χ0) is 14.1. The number of carbonyl (C=O) groups is 1. The number of morpholine rings is 1. The van der Waals surface area contributed by atoms with Crippen LogP contribution in [0, 0.1) is 0 Å². The minimum Gasteiger partial charge on any atom is -0.481 e. The van der Waals surface area contributed by atoms with Crippen LogP contribution in [0.2, 0.25) is 0 Å². The van der Waals surface area contributed by atoms with E-state index in [1.807, 2.05) is 0 Å². The molecule has 0 aromatic carbocycles. The zero-order valence-electron chi connectivity index (χ0n) is 11.5. The number of carboxylic acids is 1. The Morgan fingerprint density at radius 1 is 1.65 bits per heavy atom. The highest BCUT2D eigenvalue weighted by molar-refractivity contribution is 7.15. The summed E-state index contributed by atoms with van der Waals surface area (Å²) in [5.74, 6) is -1.19. The van der Waals surface area contributed by atoms with Crippen LogP contribution in [0.25, 0.3) is 0 Å². The first-order valence-corrected chi connectivity index (χ1v) is 7.71. The topological polar surface area (TPSA) is 74.7 Å². The lowest BCUT2D eigenvalue weighted by Gasteiger charge is -2.30. The Hall–Kier alpha value is -1.18. The zero-order valence-corrected chi connectivity index (χ0v) is 12.3. The third-order valence-electron chi connectivity index (χ3n) is 3.84. The van der Waals surface area contributed by atoms with E-state index in [4.69, 9.17) is 9.84 Å². The first-order valence-electron chi connectivity index (χ1n) is 6.90. The number of fused-ring (bicyclic) bond motifs is 1. The monoisotopic (exact) mass is 297 g/mol. The van der Waals surface area contributed by atoms with Crippen molar-refractivity contribution in [2.24, 2.45) is 0 Å². The highest BCUT2D eigenvalue weighted by atomic mass is 32.1. The highest BCUT2D eigenvalue weighted by Crippen LogP contribution is 2.38. The number of rotatable bonds is 4. The largest absolute Gasteiger partial charge is 0.481 e. The van der Waals surface area contributed by atoms with Gasteiger partial charge in [0.1, 0.15) is 5.92 Å². The molecule has 1 aromatic heterocycles. The Kier molecular flexibility index (Phi) is 3.91. The van der Waals surface area contributed by atoms with Gasteiger partial charge < -0.3 is 20.1 Å². The van der Waals surface area contributed by atoms with Crippen LogP contribution in [0.15, 0.2) is 0 Å². The first-order chi connectivity index (χ1) is 9.63. The van der Waals surface area contributed by atoms with E-state index in [2.05, 4.69) is 22.2 Å². The number of nitrogens with zero attached hydrogens (tertiary/aromatic N) is 2. The Balaban J connectivity index is 1.59. The quantitative estimate of drug-likeness (QED) is 0.863. The second-order valence-corrected chi connectivity index (χ2v) is 6.48. The van der Waals surface area contributed by atoms with E-state index < -0.39 is 11.9 Å². The van der Waals surface area contributed by atoms with E-state index in [1.165, 1.54) is 0 Å². The molecule has 0 radical (unpaired) electrons. The lowest BCUT2D eigenvalue weighted by Crippen LogP contribution is -2.43. The van der Waals surface area contributed by atoms with Gasteiger partial charge in [-0.3, -0.25) is 4.79 Å². The molecule has 7 heteroatoms. The van der Waals surface area contributed by atoms with Crippen molar-refractivity contribution in [3.05, 3.63) is 10.6 Å². The standard InChI is InChI=1S/C13H19N3O3S/c1-16-4-5-19-8(7-16)6-14-13-15-11-9(12(17)18)2-3-10(11)20-13/h8-9H,2-7H2,1H3,(H,14,15)(H,17,18). The number of aliphatic carboxylic acids is 1. The molecule has 3 rings (SSSR count). The second kappa shape index (κ2) is 5.67. The van der Waals surface area contributed by atoms with Crippen LogP contribution >= 0.6 is 11.3 Å². The molecule has 2 unspecified atom stereocenters. The fourth-order valence-electron chi connectivity index (χ4n) is 2.73. The molecule has 2 heterocycles. The van der Waals surface area contributed by atoms with Crippen LogP contribution in [0.1, 0.15) is 22.9 Å². The summed E-state index contributed by atoms with van der Waals surface area (Å²) >= 11 is 1.58. The maximum absolute atomic E-state index is 11.1. The summed E-state index contributed by atoms with van der Waals surface area (Å²) in [4.78, 5) is 18.9. The molecule has 0 spiro atoms. The van der Waals surface area contributed by atoms with Crippen molar-refractivity contribution in [3.63, 3.8) is 0 Å². The van der Waals surface area contributed by atoms with Gasteiger partial charge in [0.05, 0.1) is 18.4 Å². The molecule has 1 saturated heterocycles. The Morgan fingerprint density at radius 3 is 3.25 bits per heavy atom. The smallest absolute Gasteiger partial charge is 0.312 e. The molecule has 2 atom stereocenters. The predicted molar refractivity (Wildman–Crippen MR) is 76.5 cm³/mol. The van der Waals surface area contributed by atoms with Crippen LogP contribution < -0.4 is 5.32 Å². The van der Waals surface area contributed by atoms with Crippen LogP contribution in [-0.2, 0) is 16.0 Å². The van der Waals surface area contributed by atoms with Crippen molar-refractivity contribution in [3.8, 4) is 0 Å². The molecule has 0 bridgehead atoms. The van der Waals surface area contributed by atoms with Crippen molar-refractivity contribution in [1.29, 1.82) is 0 Å². The van der Waals surface area contributed by atoms with Gasteiger partial charge in [-0.15, -0.1) is 11.3 Å². The number of aromatic nitrogens is 1. The number of thiazole rings is 1. The maximum atomic E-state index is 11.1. The molecule has 6 nitrogen and oxygen atoms in total. The summed E-state index contributed by atoms with van der Waals surface area (Å²) in [6.07, 6.45) is 1.68. The van der Waals surface area contributed by atoms with Gasteiger partial charge in [0.25, 0.3) is 0 Å². The fourth-order valence-corrected chi connectivity index (χ4v) is 3.78. The van der Waals surface area contributed by atoms with Crippen molar-refractivity contribution < 1.29 is 14.6 Å². The Bertz CT molecular complexity index is 505. The molecule has 2 aliphatic rings. The van der Waals surface area contributed by atoms with Crippen molar-refractivity contribution >= 4 is 22.4 Å². The summed E-state index contributed by atoms with van der Waals surface area (Å²) in [7, 11) is 2.09. The van der Waals surface area contributed by atoms with Gasteiger partial charge in [-0.1, -0.05) is 0 Å². The number of ether oxygens (including phenoxy) is 1. The van der Waals surface area contributed by atoms with Crippen molar-refractivity contribution in [2.75, 3.05) is 38.6 Å². The summed E-state index contributed by atoms with van der Waals surface area (Å²) in [6, 6.07) is 0. The van der Waals surface area contributed by atoms with Gasteiger partial charge in [0, 0.05) is 24.5 Å². The molecular formula is C13H19N3O3S. The Morgan fingerprint density at radius 2 is 2.50 bits per heavy atom. The molecule has 0 saturated carbocycles. The average molecular weight is 297 g/mol. The molecule has 2 N–H and O–H groups in total. The van der Waals surface area contributed by atoms with E-state index in [1.54, 1.807) is 11.3 Å². The van der Waals surface area contributed by atoms with Crippen LogP contribution in [0.4, 0.5) is 5.13 Å². The molecule has 1 aromatic rings. The van der Waals surface area contributed by atoms with Gasteiger partial charge in [0.2, 0.25) is 0 Å². The molecule has 1 fully saturated rings. The summed E-state index contributed by atoms with van der Waals surface area (Å²) in [6.45, 7) is 3.37. The summed E-state index contributed by atoms with van der Waals surface area (Å²) < 4.78 is 5.69. The van der Waals surface area contributed by atoms with E-state index in [0.717, 1.165) is 41.8 Å². The van der Waals surface area contributed by atoms with Crippen LogP contribution in [0.5, 0.6) is 0 Å². The molecule has 110 valence electrons. The van der Waals surface area contributed by atoms with E-state index >= 15 is 0 Å². The predicted octanol–water partition coefficient (Wildman–Crippen LogP) is 1.000. The van der Waals surface area contributed by atoms with Gasteiger partial charge in [-0.25, -0.2) is 4.98 Å². The average Bonchev–Trinajstić information content (AvgIpc) is 2.95. The maximum Gasteiger partial charge on any atom is 0.312 e. The third kappa shape index (κ3) is 2.79. The third-order valence-corrected chi connectivity index (χ3v) is 4.93. The number of aryl methyl sites for hydroxylation is 1. The van der Waals surface area contributed by atoms with Gasteiger partial charge in [-0.2, -0.15) is 0 Å². The normalized spacial score (nSPS) is 26.4. The Labute approximate surface area is 121 Å². The number of anilines is 1. The number of hydrogen-bond acceptors (Lipinski definition) is 6. The molecule has 1 aliphatic carbocycles. The number of hydrogen-bond donors (Lipinski definition) is 2. The lowest BCUT2D eigenvalue weighted by molar-refractivity contribution is -0.138. The fraction of sp³-hybridized carbons (Fsp3) is 0.692. The van der Waals surface area contributed by atoms with E-state index in [-0.39, 0.29) is 6.10 Å². The minimum atomic E-state index is -0.766. The van der Waals surface area contributed by atoms with Gasteiger partial charge >= 0.3 is 5.97 Å². The van der Waals surface area contributed by atoms with Gasteiger partial charge in [0.15, 0.2) is 5.13 Å². The van der Waals surface area contributed by atoms with Crippen LogP contribution in [0.3, 0.4) is 0 Å². The number of carboxylic acid groups (broad SMARTS) is 1. The van der Waals surface area contributed by atoms with Crippen molar-refractivity contribution in [1.82, 2.24) is 9.88 Å². The summed E-state index contributed by atoms with van der Waals surface area (Å²) in [5.41, 5.74) is 0.756. The van der Waals surface area contributed by atoms with Crippen molar-refractivity contribution in [2.45, 2.75) is 24.9 Å². The second-order valence-electron chi connectivity index (χ2n) is 5.39. The number of likely N-dealkylation sites (N-methyl/N-ethyl adjacent to an activating group) is 1. The van der Waals surface area contributed by atoms with E-state index in [9.17, 15) is 4.79 Å². The lowest BCUT2D eigenvalue weighted by atomic mass is 10.1. The molecule has 1 aliphatic heterocycles. The number of nitrogens with one attached hydrogen (secondary N) is 1. The van der Waals surface area contributed by atoms with Crippen LogP contribution in [-0.4, -0.2) is 60.4 Å². The first kappa shape index (κ1) is 13.8. The highest BCUT2D eigenvalue weighted by Gasteiger charge is 2.32.